The van der Waals surface area contributed by atoms with Gasteiger partial charge < -0.3 is 10.4 Å². The fraction of sp³-hybridized carbons (Fsp3) is 0.704. The maximum Gasteiger partial charge on any atom is 0.326 e. The van der Waals surface area contributed by atoms with E-state index >= 15 is 0 Å². The molecule has 1 aromatic carbocycles. The van der Waals surface area contributed by atoms with Crippen LogP contribution in [0.5, 0.6) is 0 Å². The van der Waals surface area contributed by atoms with Crippen LogP contribution < -0.4 is 5.32 Å². The predicted octanol–water partition coefficient (Wildman–Crippen LogP) is 7.06. The van der Waals surface area contributed by atoms with Crippen molar-refractivity contribution < 1.29 is 14.7 Å². The monoisotopic (exact) mass is 431 g/mol. The summed E-state index contributed by atoms with van der Waals surface area (Å²) in [5, 5.41) is 12.0. The van der Waals surface area contributed by atoms with Gasteiger partial charge in [-0.25, -0.2) is 4.79 Å². The highest BCUT2D eigenvalue weighted by atomic mass is 16.4. The second-order valence-electron chi connectivity index (χ2n) is 8.85. The summed E-state index contributed by atoms with van der Waals surface area (Å²) < 4.78 is 0. The van der Waals surface area contributed by atoms with E-state index in [1.807, 2.05) is 30.3 Å². The summed E-state index contributed by atoms with van der Waals surface area (Å²) in [6.07, 6.45) is 20.1. The Bertz CT molecular complexity index is 573. The summed E-state index contributed by atoms with van der Waals surface area (Å²) in [5.41, 5.74) is 0.919. The number of amides is 1. The molecule has 0 aromatic heterocycles. The standard InChI is InChI=1S/C27H45NO3/c1-2-3-4-5-6-7-8-9-10-11-12-13-14-15-19-22-26(29)28-25(27(30)31)23-24-20-17-16-18-21-24/h16-18,20-21,25H,2-15,19,22-23H2,1H3,(H,28,29)(H,30,31). The molecule has 1 rings (SSSR count). The van der Waals surface area contributed by atoms with Gasteiger partial charge in [-0.15, -0.1) is 0 Å². The minimum Gasteiger partial charge on any atom is -0.480 e. The molecule has 1 unspecified atom stereocenters. The Morgan fingerprint density at radius 3 is 1.65 bits per heavy atom. The van der Waals surface area contributed by atoms with Gasteiger partial charge in [-0.1, -0.05) is 127 Å². The molecule has 0 aliphatic rings. The Hall–Kier alpha value is -1.84. The number of unbranched alkanes of at least 4 members (excludes halogenated alkanes) is 14. The molecule has 1 amide bonds. The fourth-order valence-electron chi connectivity index (χ4n) is 3.97. The Kier molecular flexibility index (Phi) is 16.6. The summed E-state index contributed by atoms with van der Waals surface area (Å²) in [6.45, 7) is 2.27. The summed E-state index contributed by atoms with van der Waals surface area (Å²) in [6, 6.07) is 8.57. The zero-order chi connectivity index (χ0) is 22.6. The van der Waals surface area contributed by atoms with Crippen molar-refractivity contribution in [2.45, 2.75) is 122 Å². The van der Waals surface area contributed by atoms with Crippen molar-refractivity contribution in [2.75, 3.05) is 0 Å². The highest BCUT2D eigenvalue weighted by molar-refractivity contribution is 5.83. The van der Waals surface area contributed by atoms with Crippen LogP contribution >= 0.6 is 0 Å². The molecule has 0 bridgehead atoms. The van der Waals surface area contributed by atoms with Crippen molar-refractivity contribution in [3.63, 3.8) is 0 Å². The number of carbonyl (C=O) groups excluding carboxylic acids is 1. The molecule has 0 saturated heterocycles. The minimum atomic E-state index is -0.978. The van der Waals surface area contributed by atoms with Gasteiger partial charge in [-0.2, -0.15) is 0 Å². The van der Waals surface area contributed by atoms with Gasteiger partial charge in [0.05, 0.1) is 0 Å². The molecule has 0 heterocycles. The molecular weight excluding hydrogens is 386 g/mol. The number of carboxylic acid groups (broad SMARTS) is 1. The first-order chi connectivity index (χ1) is 15.1. The van der Waals surface area contributed by atoms with E-state index in [0.29, 0.717) is 12.8 Å². The van der Waals surface area contributed by atoms with Crippen LogP contribution in [-0.4, -0.2) is 23.0 Å². The van der Waals surface area contributed by atoms with E-state index in [0.717, 1.165) is 24.8 Å². The fourth-order valence-corrected chi connectivity index (χ4v) is 3.97. The van der Waals surface area contributed by atoms with E-state index in [1.165, 1.54) is 77.0 Å². The third kappa shape index (κ3) is 15.6. The largest absolute Gasteiger partial charge is 0.480 e. The number of carboxylic acids is 1. The van der Waals surface area contributed by atoms with E-state index in [-0.39, 0.29) is 5.91 Å². The first-order valence-electron chi connectivity index (χ1n) is 12.7. The van der Waals surface area contributed by atoms with Crippen LogP contribution in [0.15, 0.2) is 30.3 Å². The van der Waals surface area contributed by atoms with Crippen molar-refractivity contribution in [2.24, 2.45) is 0 Å². The summed E-state index contributed by atoms with van der Waals surface area (Å²) in [5.74, 6) is -1.13. The minimum absolute atomic E-state index is 0.155. The summed E-state index contributed by atoms with van der Waals surface area (Å²) in [4.78, 5) is 23.5. The first-order valence-corrected chi connectivity index (χ1v) is 12.7. The van der Waals surface area contributed by atoms with Crippen LogP contribution in [0.4, 0.5) is 0 Å². The number of hydrogen-bond donors (Lipinski definition) is 2. The second-order valence-corrected chi connectivity index (χ2v) is 8.85. The van der Waals surface area contributed by atoms with Crippen LogP contribution in [0.2, 0.25) is 0 Å². The Morgan fingerprint density at radius 1 is 0.742 bits per heavy atom. The molecule has 0 saturated carbocycles. The average molecular weight is 432 g/mol. The van der Waals surface area contributed by atoms with Gasteiger partial charge in [0.2, 0.25) is 5.91 Å². The Morgan fingerprint density at radius 2 is 1.19 bits per heavy atom. The lowest BCUT2D eigenvalue weighted by Crippen LogP contribution is -2.42. The van der Waals surface area contributed by atoms with Gasteiger partial charge in [-0.3, -0.25) is 4.79 Å². The van der Waals surface area contributed by atoms with Crippen molar-refractivity contribution in [3.05, 3.63) is 35.9 Å². The topological polar surface area (TPSA) is 66.4 Å². The van der Waals surface area contributed by atoms with Gasteiger partial charge in [-0.05, 0) is 12.0 Å². The lowest BCUT2D eigenvalue weighted by atomic mass is 10.0. The highest BCUT2D eigenvalue weighted by Crippen LogP contribution is 2.14. The molecule has 4 heteroatoms. The number of carbonyl (C=O) groups is 2. The molecule has 1 aromatic rings. The van der Waals surface area contributed by atoms with E-state index < -0.39 is 12.0 Å². The van der Waals surface area contributed by atoms with Crippen LogP contribution in [0, 0.1) is 0 Å². The first kappa shape index (κ1) is 27.2. The zero-order valence-electron chi connectivity index (χ0n) is 19.7. The van der Waals surface area contributed by atoms with Crippen LogP contribution in [0.1, 0.15) is 115 Å². The zero-order valence-corrected chi connectivity index (χ0v) is 19.7. The maximum absolute atomic E-state index is 12.1. The van der Waals surface area contributed by atoms with Crippen molar-refractivity contribution in [1.29, 1.82) is 0 Å². The molecule has 0 radical (unpaired) electrons. The number of benzene rings is 1. The molecule has 2 N–H and O–H groups in total. The van der Waals surface area contributed by atoms with Crippen LogP contribution in [-0.2, 0) is 16.0 Å². The Balaban J connectivity index is 1.95. The molecule has 176 valence electrons. The molecule has 0 aliphatic carbocycles. The maximum atomic E-state index is 12.1. The number of hydrogen-bond acceptors (Lipinski definition) is 2. The van der Waals surface area contributed by atoms with Crippen LogP contribution in [0.3, 0.4) is 0 Å². The lowest BCUT2D eigenvalue weighted by Gasteiger charge is -2.14. The molecule has 0 spiro atoms. The predicted molar refractivity (Wildman–Crippen MR) is 129 cm³/mol. The third-order valence-electron chi connectivity index (χ3n) is 5.92. The molecule has 4 nitrogen and oxygen atoms in total. The van der Waals surface area contributed by atoms with E-state index in [4.69, 9.17) is 0 Å². The average Bonchev–Trinajstić information content (AvgIpc) is 2.76. The van der Waals surface area contributed by atoms with E-state index in [2.05, 4.69) is 12.2 Å². The smallest absolute Gasteiger partial charge is 0.326 e. The molecule has 1 atom stereocenters. The summed E-state index contributed by atoms with van der Waals surface area (Å²) in [7, 11) is 0. The second kappa shape index (κ2) is 18.9. The molecule has 0 aliphatic heterocycles. The summed E-state index contributed by atoms with van der Waals surface area (Å²) >= 11 is 0. The lowest BCUT2D eigenvalue weighted by molar-refractivity contribution is -0.141. The SMILES string of the molecule is CCCCCCCCCCCCCCCCCC(=O)NC(Cc1ccccc1)C(=O)O. The van der Waals surface area contributed by atoms with Crippen molar-refractivity contribution in [3.8, 4) is 0 Å². The van der Waals surface area contributed by atoms with Gasteiger partial charge in [0.25, 0.3) is 0 Å². The molecule has 0 fully saturated rings. The normalized spacial score (nSPS) is 11.9. The quantitative estimate of drug-likeness (QED) is 0.217. The Labute approximate surface area is 190 Å². The molecule has 31 heavy (non-hydrogen) atoms. The van der Waals surface area contributed by atoms with E-state index in [1.54, 1.807) is 0 Å². The van der Waals surface area contributed by atoms with E-state index in [9.17, 15) is 14.7 Å². The number of aliphatic carboxylic acids is 1. The van der Waals surface area contributed by atoms with Gasteiger partial charge in [0.15, 0.2) is 0 Å². The molecular formula is C27H45NO3. The van der Waals surface area contributed by atoms with Crippen molar-refractivity contribution in [1.82, 2.24) is 5.32 Å². The number of rotatable bonds is 20. The highest BCUT2D eigenvalue weighted by Gasteiger charge is 2.19. The van der Waals surface area contributed by atoms with Gasteiger partial charge in [0.1, 0.15) is 6.04 Å². The van der Waals surface area contributed by atoms with Crippen molar-refractivity contribution >= 4 is 11.9 Å². The van der Waals surface area contributed by atoms with Crippen LogP contribution in [0.25, 0.3) is 0 Å². The van der Waals surface area contributed by atoms with Gasteiger partial charge in [0, 0.05) is 12.8 Å². The number of nitrogens with one attached hydrogen (secondary N) is 1. The van der Waals surface area contributed by atoms with Gasteiger partial charge >= 0.3 is 5.97 Å². The third-order valence-corrected chi connectivity index (χ3v) is 5.92.